The lowest BCUT2D eigenvalue weighted by Crippen LogP contribution is -2.29. The smallest absolute Gasteiger partial charge is 0.350 e. The molecule has 2 aromatic carbocycles. The van der Waals surface area contributed by atoms with Crippen LogP contribution in [0.25, 0.3) is 5.76 Å². The van der Waals surface area contributed by atoms with E-state index in [0.717, 1.165) is 23.8 Å². The Morgan fingerprint density at radius 3 is 2.23 bits per heavy atom. The van der Waals surface area contributed by atoms with Crippen LogP contribution in [0.4, 0.5) is 5.13 Å². The number of rotatable bonds is 6. The van der Waals surface area contributed by atoms with E-state index in [1.165, 1.54) is 12.0 Å². The topological polar surface area (TPSA) is 143 Å². The van der Waals surface area contributed by atoms with Crippen molar-refractivity contribution in [3.8, 4) is 5.75 Å². The van der Waals surface area contributed by atoms with Crippen LogP contribution < -0.4 is 9.64 Å². The SMILES string of the molecule is CC(=O)O.CCOC(=O)c1sc(N2C(=O)C(=O)/C(=C(/O)c3ccc(OC)cc3C)C2c2ccc(C)cc2)nc1C. The summed E-state index contributed by atoms with van der Waals surface area (Å²) < 4.78 is 10.4. The molecule has 1 atom stereocenters. The van der Waals surface area contributed by atoms with Gasteiger partial charge < -0.3 is 19.7 Å². The molecule has 2 heterocycles. The zero-order valence-electron chi connectivity index (χ0n) is 23.0. The Labute approximate surface area is 235 Å². The van der Waals surface area contributed by atoms with Gasteiger partial charge in [0.2, 0.25) is 0 Å². The molecule has 1 amide bonds. The minimum absolute atomic E-state index is 0.0531. The number of methoxy groups -OCH3 is 1. The molecule has 0 aliphatic carbocycles. The number of hydrogen-bond donors (Lipinski definition) is 2. The van der Waals surface area contributed by atoms with Crippen LogP contribution in [-0.4, -0.2) is 52.5 Å². The summed E-state index contributed by atoms with van der Waals surface area (Å²) in [6.07, 6.45) is 0. The van der Waals surface area contributed by atoms with Crippen LogP contribution >= 0.6 is 11.3 Å². The second kappa shape index (κ2) is 12.6. The lowest BCUT2D eigenvalue weighted by molar-refractivity contribution is -0.134. The molecule has 210 valence electrons. The van der Waals surface area contributed by atoms with E-state index in [4.69, 9.17) is 19.4 Å². The first-order valence-electron chi connectivity index (χ1n) is 12.3. The van der Waals surface area contributed by atoms with Gasteiger partial charge in [0.15, 0.2) is 5.13 Å². The van der Waals surface area contributed by atoms with Crippen LogP contribution in [0.1, 0.15) is 57.5 Å². The molecule has 0 saturated carbocycles. The average Bonchev–Trinajstić information content (AvgIpc) is 3.40. The number of Topliss-reactive ketones (excluding diaryl/α,β-unsaturated/α-hetero) is 1. The molecule has 1 aromatic heterocycles. The Kier molecular flexibility index (Phi) is 9.43. The molecule has 10 nitrogen and oxygen atoms in total. The summed E-state index contributed by atoms with van der Waals surface area (Å²) >= 11 is 0.976. The van der Waals surface area contributed by atoms with Crippen molar-refractivity contribution in [2.24, 2.45) is 0 Å². The van der Waals surface area contributed by atoms with Gasteiger partial charge in [-0.3, -0.25) is 19.3 Å². The van der Waals surface area contributed by atoms with Crippen molar-refractivity contribution in [3.63, 3.8) is 0 Å². The summed E-state index contributed by atoms with van der Waals surface area (Å²) in [5.74, 6) is -2.74. The van der Waals surface area contributed by atoms with Gasteiger partial charge in [-0.15, -0.1) is 0 Å². The molecule has 4 rings (SSSR count). The molecule has 1 unspecified atom stereocenters. The highest BCUT2D eigenvalue weighted by molar-refractivity contribution is 7.17. The number of carboxylic acids is 1. The van der Waals surface area contributed by atoms with Crippen molar-refractivity contribution >= 4 is 45.9 Å². The third-order valence-electron chi connectivity index (χ3n) is 5.98. The van der Waals surface area contributed by atoms with Gasteiger partial charge in [-0.25, -0.2) is 9.78 Å². The number of thiazole rings is 1. The number of aliphatic hydroxyl groups is 1. The number of aliphatic hydroxyl groups excluding tert-OH is 1. The van der Waals surface area contributed by atoms with Crippen LogP contribution in [0.5, 0.6) is 5.75 Å². The molecule has 1 aliphatic heterocycles. The summed E-state index contributed by atoms with van der Waals surface area (Å²) in [4.78, 5) is 54.1. The van der Waals surface area contributed by atoms with E-state index in [1.807, 2.05) is 19.1 Å². The number of hydrogen-bond acceptors (Lipinski definition) is 9. The van der Waals surface area contributed by atoms with Gasteiger partial charge in [0.25, 0.3) is 11.8 Å². The van der Waals surface area contributed by atoms with Crippen molar-refractivity contribution in [3.05, 3.63) is 80.9 Å². The Morgan fingerprint density at radius 1 is 1.05 bits per heavy atom. The van der Waals surface area contributed by atoms with E-state index >= 15 is 0 Å². The number of aliphatic carboxylic acids is 1. The van der Waals surface area contributed by atoms with Crippen molar-refractivity contribution in [2.45, 2.75) is 40.7 Å². The monoisotopic (exact) mass is 566 g/mol. The second-order valence-electron chi connectivity index (χ2n) is 8.91. The second-order valence-corrected chi connectivity index (χ2v) is 9.89. The Morgan fingerprint density at radius 2 is 1.68 bits per heavy atom. The van der Waals surface area contributed by atoms with Crippen molar-refractivity contribution in [2.75, 3.05) is 18.6 Å². The molecule has 3 aromatic rings. The van der Waals surface area contributed by atoms with Crippen LogP contribution in [0.15, 0.2) is 48.0 Å². The molecular weight excluding hydrogens is 536 g/mol. The van der Waals surface area contributed by atoms with Gasteiger partial charge >= 0.3 is 11.9 Å². The highest BCUT2D eigenvalue weighted by Gasteiger charge is 2.48. The fourth-order valence-electron chi connectivity index (χ4n) is 4.14. The van der Waals surface area contributed by atoms with E-state index in [9.17, 15) is 19.5 Å². The molecule has 0 bridgehead atoms. The largest absolute Gasteiger partial charge is 0.507 e. The molecule has 2 N–H and O–H groups in total. The van der Waals surface area contributed by atoms with E-state index in [2.05, 4.69) is 4.98 Å². The predicted octanol–water partition coefficient (Wildman–Crippen LogP) is 4.97. The van der Waals surface area contributed by atoms with Gasteiger partial charge in [0.1, 0.15) is 16.4 Å². The Hall–Kier alpha value is -4.51. The van der Waals surface area contributed by atoms with Crippen molar-refractivity contribution < 1.29 is 38.9 Å². The molecule has 0 spiro atoms. The third kappa shape index (κ3) is 6.20. The summed E-state index contributed by atoms with van der Waals surface area (Å²) in [6, 6.07) is 11.5. The lowest BCUT2D eigenvalue weighted by Gasteiger charge is -2.23. The lowest BCUT2D eigenvalue weighted by atomic mass is 9.93. The number of carbonyl (C=O) groups excluding carboxylic acids is 3. The number of ketones is 1. The number of nitrogens with zero attached hydrogens (tertiary/aromatic N) is 2. The average molecular weight is 567 g/mol. The van der Waals surface area contributed by atoms with Gasteiger partial charge in [-0.2, -0.15) is 0 Å². The van der Waals surface area contributed by atoms with E-state index in [0.29, 0.717) is 28.1 Å². The van der Waals surface area contributed by atoms with Crippen LogP contribution in [0, 0.1) is 20.8 Å². The van der Waals surface area contributed by atoms with Gasteiger partial charge in [0, 0.05) is 12.5 Å². The third-order valence-corrected chi connectivity index (χ3v) is 7.12. The highest BCUT2D eigenvalue weighted by Crippen LogP contribution is 2.44. The van der Waals surface area contributed by atoms with Gasteiger partial charge in [-0.1, -0.05) is 41.2 Å². The molecule has 0 radical (unpaired) electrons. The van der Waals surface area contributed by atoms with Gasteiger partial charge in [-0.05, 0) is 57.0 Å². The maximum Gasteiger partial charge on any atom is 0.350 e. The van der Waals surface area contributed by atoms with E-state index in [1.54, 1.807) is 51.1 Å². The standard InChI is InChI=1S/C27H26N2O6S.C2H4O2/c1-6-35-26(33)24-16(4)28-27(36-24)29-21(17-9-7-14(2)8-10-17)20(23(31)25(29)32)22(30)19-12-11-18(34-5)13-15(19)3;1-2(3)4/h7-13,21,30H,6H2,1-5H3;1H3,(H,3,4)/b22-20+;. The first kappa shape index (κ1) is 30.0. The van der Waals surface area contributed by atoms with Crippen molar-refractivity contribution in [1.82, 2.24) is 4.98 Å². The fourth-order valence-corrected chi connectivity index (χ4v) is 5.13. The maximum absolute atomic E-state index is 13.4. The number of aromatic nitrogens is 1. The Balaban J connectivity index is 0.00000103. The molecule has 40 heavy (non-hydrogen) atoms. The maximum atomic E-state index is 13.4. The number of carbonyl (C=O) groups is 4. The summed E-state index contributed by atoms with van der Waals surface area (Å²) in [5.41, 5.74) is 3.05. The summed E-state index contributed by atoms with van der Waals surface area (Å²) in [7, 11) is 1.54. The quantitative estimate of drug-likeness (QED) is 0.183. The minimum Gasteiger partial charge on any atom is -0.507 e. The predicted molar refractivity (Wildman–Crippen MR) is 150 cm³/mol. The first-order valence-corrected chi connectivity index (χ1v) is 13.1. The molecule has 1 aliphatic rings. The number of amides is 1. The Bertz CT molecular complexity index is 1490. The number of ether oxygens (including phenoxy) is 2. The molecule has 11 heteroatoms. The normalized spacial score (nSPS) is 15.8. The number of esters is 1. The summed E-state index contributed by atoms with van der Waals surface area (Å²) in [6.45, 7) is 8.33. The number of carboxylic acid groups (broad SMARTS) is 1. The zero-order chi connectivity index (χ0) is 29.7. The fraction of sp³-hybridized carbons (Fsp3) is 0.276. The highest BCUT2D eigenvalue weighted by atomic mass is 32.1. The minimum atomic E-state index is -0.937. The van der Waals surface area contributed by atoms with Crippen LogP contribution in [0.2, 0.25) is 0 Å². The summed E-state index contributed by atoms with van der Waals surface area (Å²) in [5, 5.41) is 19.0. The first-order chi connectivity index (χ1) is 18.9. The van der Waals surface area contributed by atoms with Crippen LogP contribution in [-0.2, 0) is 19.1 Å². The van der Waals surface area contributed by atoms with Gasteiger partial charge in [0.05, 0.1) is 31.0 Å². The van der Waals surface area contributed by atoms with Crippen molar-refractivity contribution in [1.29, 1.82) is 0 Å². The van der Waals surface area contributed by atoms with E-state index < -0.39 is 29.7 Å². The number of benzene rings is 2. The molecular formula is C29H30N2O8S. The number of anilines is 1. The van der Waals surface area contributed by atoms with Crippen LogP contribution in [0.3, 0.4) is 0 Å². The molecule has 1 fully saturated rings. The zero-order valence-corrected chi connectivity index (χ0v) is 23.8. The molecule has 1 saturated heterocycles. The van der Waals surface area contributed by atoms with E-state index in [-0.39, 0.29) is 27.9 Å². The number of aryl methyl sites for hydroxylation is 3.